The zero-order valence-electron chi connectivity index (χ0n) is 10.9. The van der Waals surface area contributed by atoms with Gasteiger partial charge in [-0.05, 0) is 31.1 Å². The number of hydrogen-bond acceptors (Lipinski definition) is 2. The molecule has 0 heterocycles. The predicted molar refractivity (Wildman–Crippen MR) is 67.3 cm³/mol. The van der Waals surface area contributed by atoms with E-state index >= 15 is 0 Å². The van der Waals surface area contributed by atoms with Crippen molar-refractivity contribution in [3.05, 3.63) is 0 Å². The van der Waals surface area contributed by atoms with Gasteiger partial charge in [-0.1, -0.05) is 26.7 Å². The molecule has 3 nitrogen and oxygen atoms in total. The molecule has 0 aromatic heterocycles. The van der Waals surface area contributed by atoms with E-state index in [0.717, 1.165) is 11.8 Å². The minimum absolute atomic E-state index is 0.0889. The van der Waals surface area contributed by atoms with Crippen LogP contribution >= 0.6 is 0 Å². The third-order valence-corrected chi connectivity index (χ3v) is 3.42. The van der Waals surface area contributed by atoms with E-state index in [2.05, 4.69) is 24.5 Å². The first-order chi connectivity index (χ1) is 7.61. The molecule has 0 aromatic rings. The van der Waals surface area contributed by atoms with Crippen molar-refractivity contribution < 1.29 is 4.79 Å². The van der Waals surface area contributed by atoms with Gasteiger partial charge >= 0.3 is 0 Å². The van der Waals surface area contributed by atoms with Gasteiger partial charge in [-0.2, -0.15) is 0 Å². The molecule has 0 aromatic carbocycles. The van der Waals surface area contributed by atoms with Crippen molar-refractivity contribution in [2.75, 3.05) is 13.6 Å². The maximum atomic E-state index is 11.1. The Kier molecular flexibility index (Phi) is 5.81. The molecule has 94 valence electrons. The van der Waals surface area contributed by atoms with Crippen LogP contribution in [0.3, 0.4) is 0 Å². The van der Waals surface area contributed by atoms with Crippen molar-refractivity contribution in [2.24, 2.45) is 11.8 Å². The fourth-order valence-electron chi connectivity index (χ4n) is 2.68. The Morgan fingerprint density at radius 1 is 1.38 bits per heavy atom. The van der Waals surface area contributed by atoms with Crippen molar-refractivity contribution in [1.82, 2.24) is 10.6 Å². The van der Waals surface area contributed by atoms with Crippen molar-refractivity contribution in [1.29, 1.82) is 0 Å². The van der Waals surface area contributed by atoms with E-state index in [9.17, 15) is 4.79 Å². The molecule has 1 amide bonds. The minimum atomic E-state index is 0.0889. The van der Waals surface area contributed by atoms with Gasteiger partial charge in [0, 0.05) is 13.1 Å². The van der Waals surface area contributed by atoms with Gasteiger partial charge in [0.1, 0.15) is 0 Å². The molecule has 2 atom stereocenters. The topological polar surface area (TPSA) is 41.1 Å². The van der Waals surface area contributed by atoms with Gasteiger partial charge in [0.05, 0.1) is 6.54 Å². The maximum Gasteiger partial charge on any atom is 0.233 e. The Bertz CT molecular complexity index is 216. The largest absolute Gasteiger partial charge is 0.358 e. The molecular formula is C13H26N2O. The highest BCUT2D eigenvalue weighted by Crippen LogP contribution is 2.29. The Morgan fingerprint density at radius 3 is 2.75 bits per heavy atom. The highest BCUT2D eigenvalue weighted by molar-refractivity contribution is 5.77. The standard InChI is InChI=1S/C13H26N2O/c1-10(2)7-11-5-4-6-12(8-11)15-9-13(16)14-3/h10-12,15H,4-9H2,1-3H3,(H,14,16). The molecule has 1 rings (SSSR count). The quantitative estimate of drug-likeness (QED) is 0.752. The van der Waals surface area contributed by atoms with Gasteiger partial charge < -0.3 is 10.6 Å². The summed E-state index contributed by atoms with van der Waals surface area (Å²) in [4.78, 5) is 11.1. The van der Waals surface area contributed by atoms with Crippen LogP contribution < -0.4 is 10.6 Å². The lowest BCUT2D eigenvalue weighted by Crippen LogP contribution is -2.40. The van der Waals surface area contributed by atoms with Crippen LogP contribution in [-0.4, -0.2) is 25.5 Å². The molecule has 1 aliphatic carbocycles. The SMILES string of the molecule is CNC(=O)CNC1CCCC(CC(C)C)C1. The fraction of sp³-hybridized carbons (Fsp3) is 0.923. The predicted octanol–water partition coefficient (Wildman–Crippen LogP) is 1.93. The lowest BCUT2D eigenvalue weighted by molar-refractivity contribution is -0.119. The van der Waals surface area contributed by atoms with Crippen LogP contribution in [0.4, 0.5) is 0 Å². The molecule has 0 radical (unpaired) electrons. The number of nitrogens with one attached hydrogen (secondary N) is 2. The minimum Gasteiger partial charge on any atom is -0.358 e. The van der Waals surface area contributed by atoms with Gasteiger partial charge in [-0.25, -0.2) is 0 Å². The van der Waals surface area contributed by atoms with Crippen LogP contribution in [0.2, 0.25) is 0 Å². The molecule has 3 heteroatoms. The summed E-state index contributed by atoms with van der Waals surface area (Å²) < 4.78 is 0. The summed E-state index contributed by atoms with van der Waals surface area (Å²) in [6.45, 7) is 5.05. The first kappa shape index (κ1) is 13.5. The molecule has 1 aliphatic rings. The lowest BCUT2D eigenvalue weighted by atomic mass is 9.81. The Hall–Kier alpha value is -0.570. The molecule has 0 saturated heterocycles. The third-order valence-electron chi connectivity index (χ3n) is 3.42. The molecule has 0 spiro atoms. The second kappa shape index (κ2) is 6.89. The van der Waals surface area contributed by atoms with Crippen molar-refractivity contribution >= 4 is 5.91 Å². The Morgan fingerprint density at radius 2 is 2.12 bits per heavy atom. The lowest BCUT2D eigenvalue weighted by Gasteiger charge is -2.30. The van der Waals surface area contributed by atoms with E-state index in [0.29, 0.717) is 12.6 Å². The molecule has 1 saturated carbocycles. The average Bonchev–Trinajstić information content (AvgIpc) is 2.25. The van der Waals surface area contributed by atoms with Crippen molar-refractivity contribution in [3.8, 4) is 0 Å². The first-order valence-electron chi connectivity index (χ1n) is 6.55. The van der Waals surface area contributed by atoms with Gasteiger partial charge in [0.2, 0.25) is 5.91 Å². The van der Waals surface area contributed by atoms with E-state index in [1.165, 1.54) is 32.1 Å². The van der Waals surface area contributed by atoms with Gasteiger partial charge in [0.15, 0.2) is 0 Å². The summed E-state index contributed by atoms with van der Waals surface area (Å²) in [6, 6.07) is 0.551. The van der Waals surface area contributed by atoms with Crippen LogP contribution in [0.5, 0.6) is 0 Å². The zero-order valence-corrected chi connectivity index (χ0v) is 10.9. The van der Waals surface area contributed by atoms with E-state index in [-0.39, 0.29) is 5.91 Å². The summed E-state index contributed by atoms with van der Waals surface area (Å²) in [7, 11) is 1.69. The van der Waals surface area contributed by atoms with E-state index in [1.807, 2.05) is 0 Å². The fourth-order valence-corrected chi connectivity index (χ4v) is 2.68. The van der Waals surface area contributed by atoms with Crippen LogP contribution in [-0.2, 0) is 4.79 Å². The molecule has 2 unspecified atom stereocenters. The first-order valence-corrected chi connectivity index (χ1v) is 6.55. The molecular weight excluding hydrogens is 200 g/mol. The molecule has 1 fully saturated rings. The van der Waals surface area contributed by atoms with Gasteiger partial charge in [-0.15, -0.1) is 0 Å². The maximum absolute atomic E-state index is 11.1. The highest BCUT2D eigenvalue weighted by atomic mass is 16.1. The summed E-state index contributed by atoms with van der Waals surface area (Å²) in [5.74, 6) is 1.74. The third kappa shape index (κ3) is 4.97. The summed E-state index contributed by atoms with van der Waals surface area (Å²) in [5, 5.41) is 6.01. The number of hydrogen-bond donors (Lipinski definition) is 2. The van der Waals surface area contributed by atoms with E-state index in [4.69, 9.17) is 0 Å². The second-order valence-electron chi connectivity index (χ2n) is 5.41. The van der Waals surface area contributed by atoms with Crippen LogP contribution in [0, 0.1) is 11.8 Å². The summed E-state index contributed by atoms with van der Waals surface area (Å²) in [5.41, 5.74) is 0. The normalized spacial score (nSPS) is 25.8. The second-order valence-corrected chi connectivity index (χ2v) is 5.41. The summed E-state index contributed by atoms with van der Waals surface area (Å²) in [6.07, 6.45) is 6.48. The molecule has 0 aliphatic heterocycles. The molecule has 0 bridgehead atoms. The Balaban J connectivity index is 2.24. The number of carbonyl (C=O) groups is 1. The van der Waals surface area contributed by atoms with E-state index < -0.39 is 0 Å². The van der Waals surface area contributed by atoms with E-state index in [1.54, 1.807) is 7.05 Å². The van der Waals surface area contributed by atoms with Crippen molar-refractivity contribution in [3.63, 3.8) is 0 Å². The number of likely N-dealkylation sites (N-methyl/N-ethyl adjacent to an activating group) is 1. The molecule has 16 heavy (non-hydrogen) atoms. The van der Waals surface area contributed by atoms with Gasteiger partial charge in [0.25, 0.3) is 0 Å². The number of rotatable bonds is 5. The van der Waals surface area contributed by atoms with Crippen LogP contribution in [0.25, 0.3) is 0 Å². The Labute approximate surface area is 99.4 Å². The number of amides is 1. The van der Waals surface area contributed by atoms with Crippen LogP contribution in [0.1, 0.15) is 46.0 Å². The monoisotopic (exact) mass is 226 g/mol. The average molecular weight is 226 g/mol. The smallest absolute Gasteiger partial charge is 0.233 e. The van der Waals surface area contributed by atoms with Crippen LogP contribution in [0.15, 0.2) is 0 Å². The highest BCUT2D eigenvalue weighted by Gasteiger charge is 2.22. The van der Waals surface area contributed by atoms with Crippen molar-refractivity contribution in [2.45, 2.75) is 52.0 Å². The summed E-state index contributed by atoms with van der Waals surface area (Å²) >= 11 is 0. The zero-order chi connectivity index (χ0) is 12.0. The molecule has 2 N–H and O–H groups in total. The number of carbonyl (C=O) groups excluding carboxylic acids is 1. The van der Waals surface area contributed by atoms with Gasteiger partial charge in [-0.3, -0.25) is 4.79 Å².